The SMILES string of the molecule is CNC(=O)c1c(N)sc2c1-c1ccccc1OC2(C)C. The Morgan fingerprint density at radius 3 is 2.75 bits per heavy atom. The van der Waals surface area contributed by atoms with Crippen LogP contribution >= 0.6 is 11.3 Å². The largest absolute Gasteiger partial charge is 0.482 e. The van der Waals surface area contributed by atoms with Crippen LogP contribution in [-0.4, -0.2) is 13.0 Å². The van der Waals surface area contributed by atoms with Crippen molar-refractivity contribution >= 4 is 22.2 Å². The molecule has 1 aromatic carbocycles. The number of ether oxygens (including phenoxy) is 1. The fourth-order valence-electron chi connectivity index (χ4n) is 2.56. The highest BCUT2D eigenvalue weighted by Crippen LogP contribution is 2.51. The van der Waals surface area contributed by atoms with Gasteiger partial charge in [0, 0.05) is 18.2 Å². The number of anilines is 1. The third kappa shape index (κ3) is 1.70. The molecule has 1 aromatic heterocycles. The highest BCUT2D eigenvalue weighted by molar-refractivity contribution is 7.17. The van der Waals surface area contributed by atoms with Crippen molar-refractivity contribution in [3.8, 4) is 16.9 Å². The van der Waals surface area contributed by atoms with E-state index < -0.39 is 5.60 Å². The first kappa shape index (κ1) is 13.0. The third-order valence-corrected chi connectivity index (χ3v) is 4.78. The van der Waals surface area contributed by atoms with Gasteiger partial charge in [-0.25, -0.2) is 0 Å². The number of thiophene rings is 1. The van der Waals surface area contributed by atoms with E-state index in [0.717, 1.165) is 21.8 Å². The normalized spacial score (nSPS) is 14.9. The van der Waals surface area contributed by atoms with E-state index in [4.69, 9.17) is 10.5 Å². The molecular weight excluding hydrogens is 272 g/mol. The molecule has 3 rings (SSSR count). The van der Waals surface area contributed by atoms with Crippen LogP contribution in [0.15, 0.2) is 24.3 Å². The van der Waals surface area contributed by atoms with E-state index in [2.05, 4.69) is 5.32 Å². The smallest absolute Gasteiger partial charge is 0.254 e. The van der Waals surface area contributed by atoms with Gasteiger partial charge >= 0.3 is 0 Å². The Balaban J connectivity index is 2.36. The summed E-state index contributed by atoms with van der Waals surface area (Å²) in [5.41, 5.74) is 7.96. The summed E-state index contributed by atoms with van der Waals surface area (Å²) >= 11 is 1.42. The fraction of sp³-hybridized carbons (Fsp3) is 0.267. The van der Waals surface area contributed by atoms with Crippen LogP contribution in [0.2, 0.25) is 0 Å². The predicted octanol–water partition coefficient (Wildman–Crippen LogP) is 2.98. The number of fused-ring (bicyclic) bond motifs is 3. The van der Waals surface area contributed by atoms with Crippen molar-refractivity contribution in [1.82, 2.24) is 5.32 Å². The lowest BCUT2D eigenvalue weighted by Gasteiger charge is -2.32. The topological polar surface area (TPSA) is 64.4 Å². The van der Waals surface area contributed by atoms with Crippen molar-refractivity contribution in [3.05, 3.63) is 34.7 Å². The number of amides is 1. The van der Waals surface area contributed by atoms with Crippen LogP contribution < -0.4 is 15.8 Å². The van der Waals surface area contributed by atoms with Crippen molar-refractivity contribution < 1.29 is 9.53 Å². The minimum absolute atomic E-state index is 0.160. The summed E-state index contributed by atoms with van der Waals surface area (Å²) in [4.78, 5) is 13.2. The number of benzene rings is 1. The predicted molar refractivity (Wildman–Crippen MR) is 81.2 cm³/mol. The fourth-order valence-corrected chi connectivity index (χ4v) is 3.68. The van der Waals surface area contributed by atoms with E-state index in [1.165, 1.54) is 11.3 Å². The second-order valence-corrected chi connectivity index (χ2v) is 6.29. The molecule has 0 bridgehead atoms. The maximum atomic E-state index is 12.2. The van der Waals surface area contributed by atoms with Gasteiger partial charge in [-0.2, -0.15) is 0 Å². The summed E-state index contributed by atoms with van der Waals surface area (Å²) in [5.74, 6) is 0.625. The first-order valence-corrected chi connectivity index (χ1v) is 7.20. The van der Waals surface area contributed by atoms with Gasteiger partial charge in [0.25, 0.3) is 5.91 Å². The molecule has 20 heavy (non-hydrogen) atoms. The number of para-hydroxylation sites is 1. The van der Waals surface area contributed by atoms with Gasteiger partial charge < -0.3 is 15.8 Å². The van der Waals surface area contributed by atoms with Gasteiger partial charge in [0.05, 0.1) is 15.4 Å². The molecular formula is C15H16N2O2S. The first-order chi connectivity index (χ1) is 9.45. The van der Waals surface area contributed by atoms with E-state index in [9.17, 15) is 4.79 Å². The minimum Gasteiger partial charge on any atom is -0.482 e. The van der Waals surface area contributed by atoms with E-state index in [1.54, 1.807) is 7.05 Å². The summed E-state index contributed by atoms with van der Waals surface area (Å²) in [7, 11) is 1.61. The molecule has 5 heteroatoms. The Hall–Kier alpha value is -2.01. The van der Waals surface area contributed by atoms with E-state index in [-0.39, 0.29) is 5.91 Å². The number of rotatable bonds is 1. The summed E-state index contributed by atoms with van der Waals surface area (Å²) < 4.78 is 6.05. The number of carbonyl (C=O) groups excluding carboxylic acids is 1. The second kappa shape index (κ2) is 4.24. The average molecular weight is 288 g/mol. The Labute approximate surface area is 121 Å². The van der Waals surface area contributed by atoms with Crippen LogP contribution in [0.4, 0.5) is 5.00 Å². The molecule has 0 saturated carbocycles. The van der Waals surface area contributed by atoms with Gasteiger partial charge in [-0.15, -0.1) is 11.3 Å². The lowest BCUT2D eigenvalue weighted by Crippen LogP contribution is -2.28. The molecule has 0 aliphatic carbocycles. The number of hydrogen-bond donors (Lipinski definition) is 2. The molecule has 1 aliphatic heterocycles. The summed E-state index contributed by atoms with van der Waals surface area (Å²) in [6, 6.07) is 7.74. The zero-order valence-corrected chi connectivity index (χ0v) is 12.4. The lowest BCUT2D eigenvalue weighted by atomic mass is 9.90. The first-order valence-electron chi connectivity index (χ1n) is 6.39. The maximum absolute atomic E-state index is 12.2. The highest BCUT2D eigenvalue weighted by Gasteiger charge is 2.38. The van der Waals surface area contributed by atoms with Gasteiger partial charge in [-0.3, -0.25) is 4.79 Å². The number of nitrogen functional groups attached to an aromatic ring is 1. The van der Waals surface area contributed by atoms with Crippen molar-refractivity contribution in [2.75, 3.05) is 12.8 Å². The lowest BCUT2D eigenvalue weighted by molar-refractivity contribution is 0.0962. The molecule has 1 amide bonds. The van der Waals surface area contributed by atoms with Crippen molar-refractivity contribution in [2.45, 2.75) is 19.4 Å². The van der Waals surface area contributed by atoms with Crippen LogP contribution in [0.5, 0.6) is 5.75 Å². The molecule has 1 aliphatic rings. The van der Waals surface area contributed by atoms with Gasteiger partial charge in [-0.1, -0.05) is 18.2 Å². The van der Waals surface area contributed by atoms with Crippen LogP contribution in [0.1, 0.15) is 29.1 Å². The molecule has 0 spiro atoms. The maximum Gasteiger partial charge on any atom is 0.254 e. The van der Waals surface area contributed by atoms with Crippen LogP contribution in [0, 0.1) is 0 Å². The number of carbonyl (C=O) groups is 1. The van der Waals surface area contributed by atoms with Crippen molar-refractivity contribution in [1.29, 1.82) is 0 Å². The molecule has 0 saturated heterocycles. The van der Waals surface area contributed by atoms with E-state index in [0.29, 0.717) is 10.6 Å². The summed E-state index contributed by atoms with van der Waals surface area (Å²) in [5, 5.41) is 3.19. The standard InChI is InChI=1S/C15H16N2O2S/c1-15(2)12-10(8-6-4-5-7-9(8)19-15)11(13(16)20-12)14(18)17-3/h4-7H,16H2,1-3H3,(H,17,18). The van der Waals surface area contributed by atoms with Crippen LogP contribution in [0.3, 0.4) is 0 Å². The molecule has 2 aromatic rings. The highest BCUT2D eigenvalue weighted by atomic mass is 32.1. The quantitative estimate of drug-likeness (QED) is 0.848. The Morgan fingerprint density at radius 2 is 2.05 bits per heavy atom. The number of hydrogen-bond acceptors (Lipinski definition) is 4. The van der Waals surface area contributed by atoms with Gasteiger partial charge in [0.2, 0.25) is 0 Å². The molecule has 104 valence electrons. The van der Waals surface area contributed by atoms with Crippen LogP contribution in [-0.2, 0) is 5.60 Å². The average Bonchev–Trinajstić information content (AvgIpc) is 2.76. The molecule has 2 heterocycles. The van der Waals surface area contributed by atoms with E-state index >= 15 is 0 Å². The molecule has 0 unspecified atom stereocenters. The van der Waals surface area contributed by atoms with Gasteiger partial charge in [0.1, 0.15) is 11.4 Å². The zero-order chi connectivity index (χ0) is 14.5. The van der Waals surface area contributed by atoms with Gasteiger partial charge in [-0.05, 0) is 19.9 Å². The Kier molecular flexibility index (Phi) is 2.76. The van der Waals surface area contributed by atoms with Crippen molar-refractivity contribution in [3.63, 3.8) is 0 Å². The van der Waals surface area contributed by atoms with Gasteiger partial charge in [0.15, 0.2) is 0 Å². The Bertz CT molecular complexity index is 704. The molecule has 4 nitrogen and oxygen atoms in total. The van der Waals surface area contributed by atoms with Crippen LogP contribution in [0.25, 0.3) is 11.1 Å². The molecule has 0 fully saturated rings. The number of nitrogens with two attached hydrogens (primary N) is 1. The van der Waals surface area contributed by atoms with E-state index in [1.807, 2.05) is 38.1 Å². The summed E-state index contributed by atoms with van der Waals surface area (Å²) in [6.45, 7) is 3.98. The molecule has 0 atom stereocenters. The summed E-state index contributed by atoms with van der Waals surface area (Å²) in [6.07, 6.45) is 0. The second-order valence-electron chi connectivity index (χ2n) is 5.23. The Morgan fingerprint density at radius 1 is 1.35 bits per heavy atom. The monoisotopic (exact) mass is 288 g/mol. The molecule has 0 radical (unpaired) electrons. The number of nitrogens with one attached hydrogen (secondary N) is 1. The van der Waals surface area contributed by atoms with Crippen molar-refractivity contribution in [2.24, 2.45) is 0 Å². The zero-order valence-electron chi connectivity index (χ0n) is 11.6. The molecule has 3 N–H and O–H groups in total. The third-order valence-electron chi connectivity index (χ3n) is 3.46. The minimum atomic E-state index is -0.491.